The number of hydrogen-bond donors (Lipinski definition) is 3. The molecule has 4 N–H and O–H groups in total. The van der Waals surface area contributed by atoms with E-state index in [4.69, 9.17) is 5.73 Å². The summed E-state index contributed by atoms with van der Waals surface area (Å²) in [5.41, 5.74) is 5.75. The van der Waals surface area contributed by atoms with Crippen molar-refractivity contribution in [2.24, 2.45) is 12.8 Å². The highest BCUT2D eigenvalue weighted by atomic mass is 32.1. The molecule has 0 aliphatic rings. The van der Waals surface area contributed by atoms with E-state index in [0.717, 1.165) is 15.9 Å². The normalized spacial score (nSPS) is 12.6. The summed E-state index contributed by atoms with van der Waals surface area (Å²) in [6.07, 6.45) is -1.37. The molecule has 0 fully saturated rings. The highest BCUT2D eigenvalue weighted by Crippen LogP contribution is 2.27. The van der Waals surface area contributed by atoms with Gasteiger partial charge in [0, 0.05) is 12.4 Å². The van der Waals surface area contributed by atoms with Crippen LogP contribution in [-0.4, -0.2) is 39.4 Å². The molecule has 2 aromatic heterocycles. The first-order valence-electron chi connectivity index (χ1n) is 5.59. The Morgan fingerprint density at radius 2 is 2.32 bits per heavy atom. The van der Waals surface area contributed by atoms with Gasteiger partial charge in [0.25, 0.3) is 5.91 Å². The van der Waals surface area contributed by atoms with Crippen molar-refractivity contribution in [3.8, 4) is 0 Å². The summed E-state index contributed by atoms with van der Waals surface area (Å²) in [7, 11) is 1.81. The number of carbonyl (C=O) groups excluding carboxylic acids is 2. The highest BCUT2D eigenvalue weighted by molar-refractivity contribution is 7.20. The zero-order chi connectivity index (χ0) is 14.2. The summed E-state index contributed by atoms with van der Waals surface area (Å²) < 4.78 is 1.71. The van der Waals surface area contributed by atoms with Gasteiger partial charge in [-0.1, -0.05) is 0 Å². The molecule has 7 nitrogen and oxygen atoms in total. The Morgan fingerprint density at radius 1 is 1.63 bits per heavy atom. The molecule has 8 heteroatoms. The number of thiophene rings is 1. The van der Waals surface area contributed by atoms with Crippen LogP contribution in [0.15, 0.2) is 6.07 Å². The molecule has 0 spiro atoms. The maximum atomic E-state index is 11.9. The van der Waals surface area contributed by atoms with Gasteiger partial charge in [0.05, 0.1) is 17.1 Å². The van der Waals surface area contributed by atoms with Gasteiger partial charge in [-0.25, -0.2) is 0 Å². The molecule has 102 valence electrons. The Bertz CT molecular complexity index is 611. The van der Waals surface area contributed by atoms with Crippen LogP contribution >= 0.6 is 11.3 Å². The van der Waals surface area contributed by atoms with Crippen LogP contribution in [0.5, 0.6) is 0 Å². The fourth-order valence-electron chi connectivity index (χ4n) is 1.69. The second-order valence-electron chi connectivity index (χ2n) is 4.17. The van der Waals surface area contributed by atoms with Crippen molar-refractivity contribution in [2.45, 2.75) is 13.0 Å². The molecule has 19 heavy (non-hydrogen) atoms. The lowest BCUT2D eigenvalue weighted by Crippen LogP contribution is -2.39. The van der Waals surface area contributed by atoms with E-state index < -0.39 is 12.0 Å². The van der Waals surface area contributed by atoms with E-state index in [1.165, 1.54) is 11.3 Å². The number of primary amides is 1. The monoisotopic (exact) mass is 282 g/mol. The van der Waals surface area contributed by atoms with Crippen molar-refractivity contribution in [1.29, 1.82) is 0 Å². The quantitative estimate of drug-likeness (QED) is 0.703. The van der Waals surface area contributed by atoms with Crippen LogP contribution in [0.25, 0.3) is 10.2 Å². The molecule has 2 amide bonds. The van der Waals surface area contributed by atoms with Gasteiger partial charge in [-0.2, -0.15) is 5.10 Å². The average Bonchev–Trinajstić information content (AvgIpc) is 2.89. The number of aryl methyl sites for hydroxylation is 2. The lowest BCUT2D eigenvalue weighted by Gasteiger charge is -2.06. The third kappa shape index (κ3) is 2.59. The number of carbonyl (C=O) groups is 2. The molecule has 0 saturated carbocycles. The summed E-state index contributed by atoms with van der Waals surface area (Å²) in [5.74, 6) is -1.21. The standard InChI is InChI=1S/C11H14N4O3S/c1-5-6-3-8(19-11(6)15(2)14-5)10(18)13-4-7(16)9(12)17/h3,7,16H,4H2,1-2H3,(H2,12,17)(H,13,18). The molecule has 2 rings (SSSR count). The minimum atomic E-state index is -1.37. The van der Waals surface area contributed by atoms with Gasteiger partial charge >= 0.3 is 0 Å². The van der Waals surface area contributed by atoms with Crippen LogP contribution in [0.4, 0.5) is 0 Å². The Balaban J connectivity index is 2.13. The van der Waals surface area contributed by atoms with Crippen LogP contribution in [0, 0.1) is 6.92 Å². The van der Waals surface area contributed by atoms with Crippen molar-refractivity contribution in [3.63, 3.8) is 0 Å². The van der Waals surface area contributed by atoms with Crippen molar-refractivity contribution in [2.75, 3.05) is 6.54 Å². The van der Waals surface area contributed by atoms with Gasteiger partial charge in [-0.15, -0.1) is 11.3 Å². The molecular formula is C11H14N4O3S. The Kier molecular flexibility index (Phi) is 3.54. The molecule has 2 aromatic rings. The highest BCUT2D eigenvalue weighted by Gasteiger charge is 2.17. The second-order valence-corrected chi connectivity index (χ2v) is 5.20. The molecule has 0 radical (unpaired) electrons. The fraction of sp³-hybridized carbons (Fsp3) is 0.364. The topological polar surface area (TPSA) is 110 Å². The summed E-state index contributed by atoms with van der Waals surface area (Å²) in [6, 6.07) is 1.74. The van der Waals surface area contributed by atoms with Crippen LogP contribution in [0.1, 0.15) is 15.4 Å². The zero-order valence-corrected chi connectivity index (χ0v) is 11.3. The number of nitrogens with one attached hydrogen (secondary N) is 1. The molecule has 1 unspecified atom stereocenters. The van der Waals surface area contributed by atoms with Gasteiger partial charge in [-0.05, 0) is 13.0 Å². The number of rotatable bonds is 4. The molecule has 1 atom stereocenters. The molecular weight excluding hydrogens is 268 g/mol. The van der Waals surface area contributed by atoms with Gasteiger partial charge in [-0.3, -0.25) is 14.3 Å². The van der Waals surface area contributed by atoms with E-state index >= 15 is 0 Å². The first-order valence-corrected chi connectivity index (χ1v) is 6.40. The minimum Gasteiger partial charge on any atom is -0.381 e. The molecule has 0 bridgehead atoms. The lowest BCUT2D eigenvalue weighted by atomic mass is 10.3. The van der Waals surface area contributed by atoms with E-state index in [1.807, 2.05) is 14.0 Å². The van der Waals surface area contributed by atoms with Crippen molar-refractivity contribution < 1.29 is 14.7 Å². The third-order valence-corrected chi connectivity index (χ3v) is 3.91. The van der Waals surface area contributed by atoms with Gasteiger partial charge in [0.15, 0.2) is 0 Å². The Morgan fingerprint density at radius 3 is 2.89 bits per heavy atom. The molecule has 2 heterocycles. The number of aliphatic hydroxyl groups is 1. The smallest absolute Gasteiger partial charge is 0.261 e. The number of nitrogens with zero attached hydrogens (tertiary/aromatic N) is 2. The molecule has 0 saturated heterocycles. The van der Waals surface area contributed by atoms with Crippen LogP contribution < -0.4 is 11.1 Å². The van der Waals surface area contributed by atoms with Crippen molar-refractivity contribution in [3.05, 3.63) is 16.6 Å². The predicted molar refractivity (Wildman–Crippen MR) is 70.9 cm³/mol. The predicted octanol–water partition coefficient (Wildman–Crippen LogP) is -0.481. The number of nitrogens with two attached hydrogens (primary N) is 1. The van der Waals surface area contributed by atoms with Crippen LogP contribution in [-0.2, 0) is 11.8 Å². The van der Waals surface area contributed by atoms with Crippen LogP contribution in [0.3, 0.4) is 0 Å². The SMILES string of the molecule is Cc1nn(C)c2sc(C(=O)NCC(O)C(N)=O)cc12. The fourth-order valence-corrected chi connectivity index (χ4v) is 2.73. The first-order chi connectivity index (χ1) is 8.90. The van der Waals surface area contributed by atoms with E-state index in [0.29, 0.717) is 4.88 Å². The maximum Gasteiger partial charge on any atom is 0.261 e. The Hall–Kier alpha value is -1.93. The number of fused-ring (bicyclic) bond motifs is 1. The van der Waals surface area contributed by atoms with E-state index in [-0.39, 0.29) is 12.5 Å². The van der Waals surface area contributed by atoms with Gasteiger partial charge in [0.1, 0.15) is 10.9 Å². The van der Waals surface area contributed by atoms with E-state index in [9.17, 15) is 14.7 Å². The zero-order valence-electron chi connectivity index (χ0n) is 10.5. The maximum absolute atomic E-state index is 11.9. The average molecular weight is 282 g/mol. The van der Waals surface area contributed by atoms with Crippen LogP contribution in [0.2, 0.25) is 0 Å². The summed E-state index contributed by atoms with van der Waals surface area (Å²) in [6.45, 7) is 1.67. The molecule has 0 aliphatic heterocycles. The second kappa shape index (κ2) is 4.98. The summed E-state index contributed by atoms with van der Waals surface area (Å²) in [5, 5.41) is 16.8. The number of hydrogen-bond acceptors (Lipinski definition) is 5. The third-order valence-electron chi connectivity index (χ3n) is 2.70. The van der Waals surface area contributed by atoms with Crippen molar-refractivity contribution >= 4 is 33.4 Å². The minimum absolute atomic E-state index is 0.195. The van der Waals surface area contributed by atoms with Gasteiger partial charge < -0.3 is 16.2 Å². The van der Waals surface area contributed by atoms with E-state index in [2.05, 4.69) is 10.4 Å². The van der Waals surface area contributed by atoms with Gasteiger partial charge in [0.2, 0.25) is 5.91 Å². The molecule has 0 aromatic carbocycles. The number of aromatic nitrogens is 2. The van der Waals surface area contributed by atoms with Crippen molar-refractivity contribution in [1.82, 2.24) is 15.1 Å². The summed E-state index contributed by atoms with van der Waals surface area (Å²) in [4.78, 5) is 23.9. The van der Waals surface area contributed by atoms with E-state index in [1.54, 1.807) is 10.7 Å². The lowest BCUT2D eigenvalue weighted by molar-refractivity contribution is -0.125. The number of aliphatic hydroxyl groups excluding tert-OH is 1. The number of amides is 2. The molecule has 0 aliphatic carbocycles. The summed E-state index contributed by atoms with van der Waals surface area (Å²) >= 11 is 1.30. The largest absolute Gasteiger partial charge is 0.381 e. The first kappa shape index (κ1) is 13.5. The Labute approximate surface area is 113 Å².